The molecular formula is C13H16N2OS2. The summed E-state index contributed by atoms with van der Waals surface area (Å²) < 4.78 is 0. The molecule has 2 aromatic heterocycles. The van der Waals surface area contributed by atoms with Crippen molar-refractivity contribution in [1.82, 2.24) is 10.2 Å². The van der Waals surface area contributed by atoms with E-state index < -0.39 is 0 Å². The van der Waals surface area contributed by atoms with Gasteiger partial charge >= 0.3 is 0 Å². The fraction of sp³-hybridized carbons (Fsp3) is 0.308. The highest BCUT2D eigenvalue weighted by Gasteiger charge is 2.16. The summed E-state index contributed by atoms with van der Waals surface area (Å²) in [5.74, 6) is 0.00656. The Bertz CT molecular complexity index is 477. The predicted octanol–water partition coefficient (Wildman–Crippen LogP) is 2.84. The van der Waals surface area contributed by atoms with Crippen LogP contribution < -0.4 is 5.32 Å². The van der Waals surface area contributed by atoms with Crippen LogP contribution in [0.15, 0.2) is 34.3 Å². The van der Waals surface area contributed by atoms with Crippen LogP contribution in [-0.4, -0.2) is 31.4 Å². The fourth-order valence-electron chi connectivity index (χ4n) is 1.75. The molecule has 0 fully saturated rings. The molecule has 96 valence electrons. The molecule has 5 heteroatoms. The maximum Gasteiger partial charge on any atom is 0.261 e. The van der Waals surface area contributed by atoms with E-state index in [1.165, 1.54) is 16.9 Å². The number of nitrogens with zero attached hydrogens (tertiary/aromatic N) is 1. The molecule has 0 saturated heterocycles. The van der Waals surface area contributed by atoms with E-state index in [4.69, 9.17) is 0 Å². The van der Waals surface area contributed by atoms with E-state index in [1.54, 1.807) is 11.3 Å². The number of rotatable bonds is 5. The Balaban J connectivity index is 1.97. The minimum atomic E-state index is 0.00656. The Kier molecular flexibility index (Phi) is 4.52. The van der Waals surface area contributed by atoms with Crippen molar-refractivity contribution in [3.05, 3.63) is 44.8 Å². The molecule has 0 aromatic carbocycles. The summed E-state index contributed by atoms with van der Waals surface area (Å²) in [6.45, 7) is 0.625. The molecule has 3 nitrogen and oxygen atoms in total. The van der Waals surface area contributed by atoms with Crippen molar-refractivity contribution in [2.24, 2.45) is 0 Å². The molecule has 2 aromatic rings. The molecule has 2 heterocycles. The summed E-state index contributed by atoms with van der Waals surface area (Å²) in [5, 5.41) is 9.09. The van der Waals surface area contributed by atoms with Gasteiger partial charge in [-0.05, 0) is 47.9 Å². The smallest absolute Gasteiger partial charge is 0.261 e. The van der Waals surface area contributed by atoms with Crippen molar-refractivity contribution in [3.63, 3.8) is 0 Å². The lowest BCUT2D eigenvalue weighted by molar-refractivity contribution is 0.0946. The minimum Gasteiger partial charge on any atom is -0.349 e. The van der Waals surface area contributed by atoms with Crippen LogP contribution in [0.2, 0.25) is 0 Å². The van der Waals surface area contributed by atoms with E-state index in [1.807, 2.05) is 31.6 Å². The van der Waals surface area contributed by atoms with Crippen molar-refractivity contribution in [2.45, 2.75) is 6.04 Å². The Morgan fingerprint density at radius 2 is 2.22 bits per heavy atom. The predicted molar refractivity (Wildman–Crippen MR) is 77.4 cm³/mol. The van der Waals surface area contributed by atoms with E-state index in [2.05, 4.69) is 27.0 Å². The molecular weight excluding hydrogens is 264 g/mol. The maximum atomic E-state index is 11.9. The molecule has 0 radical (unpaired) electrons. The molecule has 0 bridgehead atoms. The van der Waals surface area contributed by atoms with Gasteiger partial charge < -0.3 is 10.2 Å². The standard InChI is InChI=1S/C13H16N2OS2/c1-15(2)11(10-5-7-17-9-10)8-14-13(16)12-4-3-6-18-12/h3-7,9,11H,8H2,1-2H3,(H,14,16)/t11-/m1/s1. The molecule has 2 rings (SSSR count). The Morgan fingerprint density at radius 3 is 2.78 bits per heavy atom. The van der Waals surface area contributed by atoms with Crippen molar-refractivity contribution in [1.29, 1.82) is 0 Å². The van der Waals surface area contributed by atoms with Gasteiger partial charge in [-0.1, -0.05) is 6.07 Å². The summed E-state index contributed by atoms with van der Waals surface area (Å²) >= 11 is 3.15. The molecule has 1 amide bonds. The van der Waals surface area contributed by atoms with Gasteiger partial charge in [-0.15, -0.1) is 11.3 Å². The lowest BCUT2D eigenvalue weighted by Gasteiger charge is -2.23. The molecule has 1 atom stereocenters. The summed E-state index contributed by atoms with van der Waals surface area (Å²) in [7, 11) is 4.05. The van der Waals surface area contributed by atoms with Crippen LogP contribution in [0.3, 0.4) is 0 Å². The molecule has 0 aliphatic heterocycles. The number of carbonyl (C=O) groups excluding carboxylic acids is 1. The van der Waals surface area contributed by atoms with Gasteiger partial charge in [-0.25, -0.2) is 0 Å². The van der Waals surface area contributed by atoms with Crippen molar-refractivity contribution in [3.8, 4) is 0 Å². The van der Waals surface area contributed by atoms with E-state index in [0.29, 0.717) is 6.54 Å². The first-order chi connectivity index (χ1) is 8.68. The zero-order chi connectivity index (χ0) is 13.0. The van der Waals surface area contributed by atoms with Crippen molar-refractivity contribution in [2.75, 3.05) is 20.6 Å². The van der Waals surface area contributed by atoms with Crippen LogP contribution in [0, 0.1) is 0 Å². The Morgan fingerprint density at radius 1 is 1.39 bits per heavy atom. The van der Waals surface area contributed by atoms with E-state index in [-0.39, 0.29) is 11.9 Å². The Hall–Kier alpha value is -1.17. The third-order valence-corrected chi connectivity index (χ3v) is 4.32. The zero-order valence-electron chi connectivity index (χ0n) is 10.4. The van der Waals surface area contributed by atoms with Crippen LogP contribution in [-0.2, 0) is 0 Å². The fourth-order valence-corrected chi connectivity index (χ4v) is 3.09. The van der Waals surface area contributed by atoms with Gasteiger partial charge in [-0.3, -0.25) is 4.79 Å². The molecule has 0 aliphatic rings. The largest absolute Gasteiger partial charge is 0.349 e. The van der Waals surface area contributed by atoms with Crippen LogP contribution in [0.5, 0.6) is 0 Å². The van der Waals surface area contributed by atoms with E-state index in [9.17, 15) is 4.79 Å². The number of likely N-dealkylation sites (N-methyl/N-ethyl adjacent to an activating group) is 1. The van der Waals surface area contributed by atoms with Crippen molar-refractivity contribution < 1.29 is 4.79 Å². The average molecular weight is 280 g/mol. The van der Waals surface area contributed by atoms with Gasteiger partial charge in [0.25, 0.3) is 5.91 Å². The van der Waals surface area contributed by atoms with Gasteiger partial charge in [-0.2, -0.15) is 11.3 Å². The number of amides is 1. The van der Waals surface area contributed by atoms with Gasteiger partial charge in [0.05, 0.1) is 10.9 Å². The van der Waals surface area contributed by atoms with E-state index >= 15 is 0 Å². The normalized spacial score (nSPS) is 12.6. The first kappa shape index (κ1) is 13.3. The lowest BCUT2D eigenvalue weighted by atomic mass is 10.1. The highest BCUT2D eigenvalue weighted by molar-refractivity contribution is 7.12. The number of hydrogen-bond donors (Lipinski definition) is 1. The third-order valence-electron chi connectivity index (χ3n) is 2.75. The van der Waals surface area contributed by atoms with Crippen LogP contribution >= 0.6 is 22.7 Å². The summed E-state index contributed by atoms with van der Waals surface area (Å²) in [4.78, 5) is 14.8. The highest BCUT2D eigenvalue weighted by Crippen LogP contribution is 2.20. The summed E-state index contributed by atoms with van der Waals surface area (Å²) in [5.41, 5.74) is 1.25. The quantitative estimate of drug-likeness (QED) is 0.913. The second-order valence-electron chi connectivity index (χ2n) is 4.22. The number of carbonyl (C=O) groups is 1. The average Bonchev–Trinajstić information content (AvgIpc) is 3.01. The van der Waals surface area contributed by atoms with Crippen molar-refractivity contribution >= 4 is 28.6 Å². The maximum absolute atomic E-state index is 11.9. The molecule has 1 N–H and O–H groups in total. The third kappa shape index (κ3) is 3.19. The molecule has 18 heavy (non-hydrogen) atoms. The van der Waals surface area contributed by atoms with Gasteiger partial charge in [0, 0.05) is 6.54 Å². The second kappa shape index (κ2) is 6.13. The first-order valence-electron chi connectivity index (χ1n) is 5.68. The monoisotopic (exact) mass is 280 g/mol. The SMILES string of the molecule is CN(C)[C@H](CNC(=O)c1cccs1)c1ccsc1. The first-order valence-corrected chi connectivity index (χ1v) is 7.51. The lowest BCUT2D eigenvalue weighted by Crippen LogP contribution is -2.34. The van der Waals surface area contributed by atoms with E-state index in [0.717, 1.165) is 4.88 Å². The summed E-state index contributed by atoms with van der Waals surface area (Å²) in [6.07, 6.45) is 0. The Labute approximate surface area is 115 Å². The van der Waals surface area contributed by atoms with Gasteiger partial charge in [0.1, 0.15) is 0 Å². The number of thiophene rings is 2. The van der Waals surface area contributed by atoms with Gasteiger partial charge in [0.15, 0.2) is 0 Å². The molecule has 0 saturated carbocycles. The molecule has 0 unspecified atom stereocenters. The van der Waals surface area contributed by atoms with Crippen LogP contribution in [0.4, 0.5) is 0 Å². The minimum absolute atomic E-state index is 0.00656. The highest BCUT2D eigenvalue weighted by atomic mass is 32.1. The van der Waals surface area contributed by atoms with Crippen LogP contribution in [0.1, 0.15) is 21.3 Å². The second-order valence-corrected chi connectivity index (χ2v) is 5.95. The zero-order valence-corrected chi connectivity index (χ0v) is 12.1. The summed E-state index contributed by atoms with van der Waals surface area (Å²) in [6, 6.07) is 6.06. The number of nitrogens with one attached hydrogen (secondary N) is 1. The molecule has 0 spiro atoms. The topological polar surface area (TPSA) is 32.3 Å². The number of hydrogen-bond acceptors (Lipinski definition) is 4. The van der Waals surface area contributed by atoms with Crippen LogP contribution in [0.25, 0.3) is 0 Å². The molecule has 0 aliphatic carbocycles. The van der Waals surface area contributed by atoms with Gasteiger partial charge in [0.2, 0.25) is 0 Å².